The Hall–Kier alpha value is -1.18. The molecule has 2 nitrogen and oxygen atoms in total. The summed E-state index contributed by atoms with van der Waals surface area (Å²) in [6, 6.07) is 5.46. The molecule has 0 fully saturated rings. The first kappa shape index (κ1) is 28.9. The summed E-state index contributed by atoms with van der Waals surface area (Å²) < 4.78 is 5.36. The average Bonchev–Trinajstić information content (AvgIpc) is 2.80. The Morgan fingerprint density at radius 2 is 0.938 bits per heavy atom. The lowest BCUT2D eigenvalue weighted by molar-refractivity contribution is 0.401. The number of phenolic OH excluding ortho intramolecular Hbond substituents is 1. The van der Waals surface area contributed by atoms with E-state index in [0.717, 1.165) is 12.2 Å². The molecule has 0 radical (unpaired) electrons. The fourth-order valence-corrected chi connectivity index (χ4v) is 4.69. The van der Waals surface area contributed by atoms with Gasteiger partial charge in [0.1, 0.15) is 11.5 Å². The van der Waals surface area contributed by atoms with Crippen molar-refractivity contribution in [3.05, 3.63) is 23.8 Å². The van der Waals surface area contributed by atoms with Crippen molar-refractivity contribution < 1.29 is 9.84 Å². The smallest absolute Gasteiger partial charge is 0.125 e. The Balaban J connectivity index is 1.76. The molecular weight excluding hydrogens is 392 g/mol. The molecular formula is C30H54O2. The van der Waals surface area contributed by atoms with Crippen LogP contribution in [0.4, 0.5) is 0 Å². The maximum atomic E-state index is 9.53. The molecule has 1 aromatic carbocycles. The van der Waals surface area contributed by atoms with Gasteiger partial charge in [-0.3, -0.25) is 0 Å². The minimum atomic E-state index is 0.282. The SMILES string of the molecule is CCCCCCCCCCCCCCCCCCCCCCCc1ccc(O)cc1OC. The molecule has 0 aliphatic heterocycles. The normalized spacial score (nSPS) is 11.2. The summed E-state index contributed by atoms with van der Waals surface area (Å²) in [6.07, 6.45) is 30.9. The van der Waals surface area contributed by atoms with E-state index in [4.69, 9.17) is 4.74 Å². The zero-order valence-corrected chi connectivity index (χ0v) is 21.6. The van der Waals surface area contributed by atoms with Crippen molar-refractivity contribution in [2.75, 3.05) is 7.11 Å². The summed E-state index contributed by atoms with van der Waals surface area (Å²) >= 11 is 0. The van der Waals surface area contributed by atoms with Gasteiger partial charge in [-0.05, 0) is 24.5 Å². The first-order valence-corrected chi connectivity index (χ1v) is 14.1. The summed E-state index contributed by atoms with van der Waals surface area (Å²) in [5.74, 6) is 1.10. The van der Waals surface area contributed by atoms with Gasteiger partial charge >= 0.3 is 0 Å². The van der Waals surface area contributed by atoms with Gasteiger partial charge in [0.25, 0.3) is 0 Å². The second-order valence-electron chi connectivity index (χ2n) is 9.82. The molecule has 0 heterocycles. The van der Waals surface area contributed by atoms with Crippen LogP contribution in [0.15, 0.2) is 18.2 Å². The number of phenols is 1. The number of methoxy groups -OCH3 is 1. The lowest BCUT2D eigenvalue weighted by Gasteiger charge is -2.08. The van der Waals surface area contributed by atoms with Crippen molar-refractivity contribution in [1.29, 1.82) is 0 Å². The summed E-state index contributed by atoms with van der Waals surface area (Å²) in [4.78, 5) is 0. The minimum absolute atomic E-state index is 0.282. The molecule has 0 amide bonds. The van der Waals surface area contributed by atoms with Gasteiger partial charge in [-0.1, -0.05) is 141 Å². The van der Waals surface area contributed by atoms with E-state index in [9.17, 15) is 5.11 Å². The van der Waals surface area contributed by atoms with Crippen molar-refractivity contribution in [3.63, 3.8) is 0 Å². The highest BCUT2D eigenvalue weighted by Gasteiger charge is 2.04. The minimum Gasteiger partial charge on any atom is -0.508 e. The van der Waals surface area contributed by atoms with Crippen molar-refractivity contribution >= 4 is 0 Å². The molecule has 2 heteroatoms. The van der Waals surface area contributed by atoms with Crippen LogP contribution in [0.5, 0.6) is 11.5 Å². The number of aryl methyl sites for hydroxylation is 1. The van der Waals surface area contributed by atoms with Crippen LogP contribution in [0.1, 0.15) is 147 Å². The van der Waals surface area contributed by atoms with E-state index >= 15 is 0 Å². The van der Waals surface area contributed by atoms with Crippen LogP contribution in [0, 0.1) is 0 Å². The molecule has 0 atom stereocenters. The molecule has 1 N–H and O–H groups in total. The molecule has 0 saturated heterocycles. The van der Waals surface area contributed by atoms with Crippen LogP contribution in [0.3, 0.4) is 0 Å². The first-order chi connectivity index (χ1) is 15.8. The fourth-order valence-electron chi connectivity index (χ4n) is 4.69. The van der Waals surface area contributed by atoms with Crippen molar-refractivity contribution in [2.24, 2.45) is 0 Å². The quantitative estimate of drug-likeness (QED) is 0.169. The number of rotatable bonds is 23. The number of ether oxygens (including phenoxy) is 1. The third kappa shape index (κ3) is 16.5. The Morgan fingerprint density at radius 1 is 0.562 bits per heavy atom. The number of aromatic hydroxyl groups is 1. The van der Waals surface area contributed by atoms with Gasteiger partial charge < -0.3 is 9.84 Å². The van der Waals surface area contributed by atoms with Crippen LogP contribution in [-0.2, 0) is 6.42 Å². The van der Waals surface area contributed by atoms with E-state index in [-0.39, 0.29) is 5.75 Å². The number of benzene rings is 1. The predicted octanol–water partition coefficient (Wildman–Crippen LogP) is 10.2. The highest BCUT2D eigenvalue weighted by Crippen LogP contribution is 2.25. The maximum absolute atomic E-state index is 9.53. The first-order valence-electron chi connectivity index (χ1n) is 14.1. The second kappa shape index (κ2) is 21.7. The van der Waals surface area contributed by atoms with Crippen LogP contribution in [0.2, 0.25) is 0 Å². The third-order valence-electron chi connectivity index (χ3n) is 6.82. The summed E-state index contributed by atoms with van der Waals surface area (Å²) in [7, 11) is 1.68. The van der Waals surface area contributed by atoms with E-state index in [1.54, 1.807) is 19.2 Å². The molecule has 0 bridgehead atoms. The van der Waals surface area contributed by atoms with Gasteiger partial charge in [0.05, 0.1) is 7.11 Å². The van der Waals surface area contributed by atoms with Gasteiger partial charge in [-0.15, -0.1) is 0 Å². The third-order valence-corrected chi connectivity index (χ3v) is 6.82. The monoisotopic (exact) mass is 446 g/mol. The van der Waals surface area contributed by atoms with Crippen LogP contribution in [0.25, 0.3) is 0 Å². The second-order valence-corrected chi connectivity index (χ2v) is 9.82. The molecule has 1 rings (SSSR count). The Morgan fingerprint density at radius 3 is 1.31 bits per heavy atom. The topological polar surface area (TPSA) is 29.5 Å². The number of hydrogen-bond acceptors (Lipinski definition) is 2. The zero-order valence-electron chi connectivity index (χ0n) is 21.6. The molecule has 32 heavy (non-hydrogen) atoms. The highest BCUT2D eigenvalue weighted by atomic mass is 16.5. The standard InChI is InChI=1S/C30H54O2/c1-3-4-5-6-7-8-9-10-11-12-13-14-15-16-17-18-19-20-21-22-23-24-28-25-26-29(31)27-30(28)32-2/h25-27,31H,3-24H2,1-2H3. The summed E-state index contributed by atoms with van der Waals surface area (Å²) in [6.45, 7) is 2.30. The summed E-state index contributed by atoms with van der Waals surface area (Å²) in [5, 5.41) is 9.53. The molecule has 0 aliphatic carbocycles. The predicted molar refractivity (Wildman–Crippen MR) is 141 cm³/mol. The van der Waals surface area contributed by atoms with Crippen molar-refractivity contribution in [2.45, 2.75) is 148 Å². The van der Waals surface area contributed by atoms with Gasteiger partial charge in [-0.2, -0.15) is 0 Å². The molecule has 0 spiro atoms. The summed E-state index contributed by atoms with van der Waals surface area (Å²) in [5.41, 5.74) is 1.21. The van der Waals surface area contributed by atoms with E-state index in [1.807, 2.05) is 6.07 Å². The molecule has 0 aromatic heterocycles. The van der Waals surface area contributed by atoms with Crippen molar-refractivity contribution in [1.82, 2.24) is 0 Å². The van der Waals surface area contributed by atoms with E-state index < -0.39 is 0 Å². The van der Waals surface area contributed by atoms with Gasteiger partial charge in [0.15, 0.2) is 0 Å². The maximum Gasteiger partial charge on any atom is 0.125 e. The largest absolute Gasteiger partial charge is 0.508 e. The van der Waals surface area contributed by atoms with E-state index in [0.29, 0.717) is 0 Å². The van der Waals surface area contributed by atoms with Gasteiger partial charge in [0, 0.05) is 6.07 Å². The number of unbranched alkanes of at least 4 members (excludes halogenated alkanes) is 20. The van der Waals surface area contributed by atoms with Gasteiger partial charge in [0.2, 0.25) is 0 Å². The van der Waals surface area contributed by atoms with Crippen LogP contribution >= 0.6 is 0 Å². The zero-order chi connectivity index (χ0) is 23.1. The molecule has 0 unspecified atom stereocenters. The molecule has 0 aliphatic rings. The lowest BCUT2D eigenvalue weighted by Crippen LogP contribution is -1.92. The highest BCUT2D eigenvalue weighted by molar-refractivity contribution is 5.40. The van der Waals surface area contributed by atoms with Crippen LogP contribution < -0.4 is 4.74 Å². The molecule has 186 valence electrons. The Kier molecular flexibility index (Phi) is 19.5. The van der Waals surface area contributed by atoms with E-state index in [1.165, 1.54) is 140 Å². The lowest BCUT2D eigenvalue weighted by atomic mass is 10.0. The van der Waals surface area contributed by atoms with E-state index in [2.05, 4.69) is 6.92 Å². The van der Waals surface area contributed by atoms with Gasteiger partial charge in [-0.25, -0.2) is 0 Å². The molecule has 0 saturated carbocycles. The van der Waals surface area contributed by atoms with Crippen LogP contribution in [-0.4, -0.2) is 12.2 Å². The Labute approximate surface area is 200 Å². The van der Waals surface area contributed by atoms with Crippen molar-refractivity contribution in [3.8, 4) is 11.5 Å². The average molecular weight is 447 g/mol. The molecule has 1 aromatic rings. The number of hydrogen-bond donors (Lipinski definition) is 1. The Bertz CT molecular complexity index is 526. The fraction of sp³-hybridized carbons (Fsp3) is 0.800.